The summed E-state index contributed by atoms with van der Waals surface area (Å²) in [4.78, 5) is 0. The molecule has 0 aliphatic heterocycles. The number of nitriles is 2. The molecule has 0 unspecified atom stereocenters. The van der Waals surface area contributed by atoms with Gasteiger partial charge in [0, 0.05) is 0 Å². The summed E-state index contributed by atoms with van der Waals surface area (Å²) in [6.45, 7) is 6.93. The Morgan fingerprint density at radius 1 is 0.857 bits per heavy atom. The fraction of sp³-hybridized carbons (Fsp3) is 0.875. The molecule has 0 fully saturated rings. The van der Waals surface area contributed by atoms with Crippen LogP contribution in [0, 0.1) is 22.9 Å². The van der Waals surface area contributed by atoms with E-state index >= 15 is 0 Å². The van der Waals surface area contributed by atoms with Crippen molar-refractivity contribution >= 4 is 7.26 Å². The predicted octanol–water partition coefficient (Wildman–Crippen LogP) is 4.28. The van der Waals surface area contributed by atoms with Crippen molar-refractivity contribution in [2.75, 3.05) is 31.9 Å². The molecule has 0 amide bonds. The van der Waals surface area contributed by atoms with Crippen LogP contribution in [0.4, 0.5) is 0 Å². The van der Waals surface area contributed by atoms with E-state index in [1.165, 1.54) is 69.4 Å². The maximum Gasteiger partial charge on any atom is 0.190 e. The summed E-state index contributed by atoms with van der Waals surface area (Å²) in [5.41, 5.74) is 0. The third kappa shape index (κ3) is 13.9. The van der Waals surface area contributed by atoms with Gasteiger partial charge in [0.25, 0.3) is 0 Å². The summed E-state index contributed by atoms with van der Waals surface area (Å²) in [5, 5.41) is 16.7. The second-order valence-electron chi connectivity index (χ2n) is 5.59. The van der Waals surface area contributed by atoms with Gasteiger partial charge in [-0.3, -0.25) is 0 Å². The van der Waals surface area contributed by atoms with Gasteiger partial charge in [-0.2, -0.15) is 10.5 Å². The fourth-order valence-electron chi connectivity index (χ4n) is 2.58. The second-order valence-corrected chi connectivity index (χ2v) is 10.4. The molecule has 0 rings (SSSR count). The van der Waals surface area contributed by atoms with Crippen molar-refractivity contribution in [3.05, 3.63) is 0 Å². The summed E-state index contributed by atoms with van der Waals surface area (Å²) in [5.74, 6) is 0. The zero-order valence-electron chi connectivity index (χ0n) is 14.4. The van der Waals surface area contributed by atoms with Crippen LogP contribution in [0.5, 0.6) is 0 Å². The molecule has 1 N–H and O–H groups in total. The average molecular weight is 315 g/mol. The Balaban J connectivity index is 0. The van der Waals surface area contributed by atoms with Crippen LogP contribution in [0.2, 0.25) is 0 Å². The summed E-state index contributed by atoms with van der Waals surface area (Å²) in [6, 6.07) is 0. The zero-order valence-corrected chi connectivity index (χ0v) is 15.4. The van der Waals surface area contributed by atoms with E-state index in [4.69, 9.17) is 15.3 Å². The summed E-state index contributed by atoms with van der Waals surface area (Å²) < 4.78 is 5.56. The third-order valence-electron chi connectivity index (χ3n) is 3.74. The van der Waals surface area contributed by atoms with E-state index in [1.807, 2.05) is 7.11 Å². The molecule has 124 valence electrons. The molecule has 5 heteroatoms. The molecular formula is C16H34N3OP. The first-order valence-corrected chi connectivity index (χ1v) is 11.0. The van der Waals surface area contributed by atoms with Gasteiger partial charge in [-0.05, 0) is 0 Å². The maximum atomic E-state index is 7.48. The SMILES string of the molecule is CCCC[PH](CCCC)(CCCC)COC.N#CNC#N. The number of ether oxygens (including phenoxy) is 1. The van der Waals surface area contributed by atoms with E-state index in [9.17, 15) is 0 Å². The summed E-state index contributed by atoms with van der Waals surface area (Å²) in [7, 11) is 0.814. The van der Waals surface area contributed by atoms with Gasteiger partial charge < -0.3 is 0 Å². The Bertz CT molecular complexity index is 263. The van der Waals surface area contributed by atoms with Crippen molar-refractivity contribution < 1.29 is 4.74 Å². The van der Waals surface area contributed by atoms with Crippen LogP contribution in [0.15, 0.2) is 0 Å². The molecule has 0 aromatic heterocycles. The molecular weight excluding hydrogens is 281 g/mol. The molecule has 0 aromatic carbocycles. The number of hydrogen-bond acceptors (Lipinski definition) is 4. The van der Waals surface area contributed by atoms with Crippen molar-refractivity contribution in [1.82, 2.24) is 5.32 Å². The molecule has 0 spiro atoms. The Labute approximate surface area is 132 Å². The topological polar surface area (TPSA) is 68.8 Å². The second kappa shape index (κ2) is 17.2. The van der Waals surface area contributed by atoms with E-state index in [0.29, 0.717) is 0 Å². The number of hydrogen-bond donors (Lipinski definition) is 1. The van der Waals surface area contributed by atoms with Crippen molar-refractivity contribution in [2.45, 2.75) is 59.3 Å². The Morgan fingerprint density at radius 3 is 1.43 bits per heavy atom. The first kappa shape index (κ1) is 22.5. The Kier molecular flexibility index (Phi) is 18.4. The molecule has 21 heavy (non-hydrogen) atoms. The molecule has 0 aliphatic rings. The van der Waals surface area contributed by atoms with Crippen LogP contribution in [0.3, 0.4) is 0 Å². The van der Waals surface area contributed by atoms with Gasteiger partial charge in [-0.25, -0.2) is 5.32 Å². The minimum atomic E-state index is -1.08. The largest absolute Gasteiger partial charge is 0.229 e. The van der Waals surface area contributed by atoms with Crippen LogP contribution in [-0.4, -0.2) is 31.9 Å². The van der Waals surface area contributed by atoms with E-state index in [2.05, 4.69) is 20.8 Å². The van der Waals surface area contributed by atoms with E-state index in [-0.39, 0.29) is 0 Å². The first-order valence-electron chi connectivity index (χ1n) is 8.18. The monoisotopic (exact) mass is 315 g/mol. The zero-order chi connectivity index (χ0) is 16.4. The van der Waals surface area contributed by atoms with Crippen molar-refractivity contribution in [3.8, 4) is 12.4 Å². The summed E-state index contributed by atoms with van der Waals surface area (Å²) in [6.07, 6.45) is 16.7. The van der Waals surface area contributed by atoms with Gasteiger partial charge >= 0.3 is 103 Å². The van der Waals surface area contributed by atoms with Gasteiger partial charge in [-0.1, -0.05) is 0 Å². The Hall–Kier alpha value is -0.830. The number of methoxy groups -OCH3 is 1. The van der Waals surface area contributed by atoms with E-state index < -0.39 is 7.26 Å². The minimum absolute atomic E-state index is 1.08. The normalized spacial score (nSPS) is 10.8. The molecule has 0 saturated heterocycles. The van der Waals surface area contributed by atoms with Crippen LogP contribution in [0.1, 0.15) is 59.3 Å². The third-order valence-corrected chi connectivity index (χ3v) is 8.89. The smallest absolute Gasteiger partial charge is 0.190 e. The summed E-state index contributed by atoms with van der Waals surface area (Å²) >= 11 is 0. The van der Waals surface area contributed by atoms with Gasteiger partial charge in [0.1, 0.15) is 0 Å². The average Bonchev–Trinajstić information content (AvgIpc) is 2.50. The number of nitrogens with one attached hydrogen (secondary N) is 1. The fourth-order valence-corrected chi connectivity index (χ4v) is 7.68. The predicted molar refractivity (Wildman–Crippen MR) is 93.9 cm³/mol. The number of nitrogens with zero attached hydrogens (tertiary/aromatic N) is 2. The van der Waals surface area contributed by atoms with Crippen molar-refractivity contribution in [1.29, 1.82) is 10.5 Å². The van der Waals surface area contributed by atoms with Gasteiger partial charge in [-0.15, -0.1) is 0 Å². The number of rotatable bonds is 11. The standard InChI is InChI=1S/C14H33OP.C2HN3/c1-5-8-11-16(14-15-4,12-9-6-2)13-10-7-3;3-1-5-2-4/h16H,5-14H2,1-4H3;5H. The molecule has 0 aromatic rings. The molecule has 0 aliphatic carbocycles. The maximum absolute atomic E-state index is 7.48. The molecule has 0 heterocycles. The van der Waals surface area contributed by atoms with E-state index in [1.54, 1.807) is 5.32 Å². The van der Waals surface area contributed by atoms with Crippen LogP contribution < -0.4 is 5.32 Å². The number of unbranched alkanes of at least 4 members (excludes halogenated alkanes) is 3. The van der Waals surface area contributed by atoms with Gasteiger partial charge in [0.05, 0.1) is 0 Å². The van der Waals surface area contributed by atoms with Crippen molar-refractivity contribution in [3.63, 3.8) is 0 Å². The van der Waals surface area contributed by atoms with Gasteiger partial charge in [0.15, 0.2) is 12.4 Å². The molecule has 0 saturated carbocycles. The van der Waals surface area contributed by atoms with Gasteiger partial charge in [0.2, 0.25) is 0 Å². The minimum Gasteiger partial charge on any atom is -0.229 e. The molecule has 4 nitrogen and oxygen atoms in total. The van der Waals surface area contributed by atoms with E-state index in [0.717, 1.165) is 6.35 Å². The molecule has 0 radical (unpaired) electrons. The van der Waals surface area contributed by atoms with Crippen LogP contribution >= 0.6 is 7.26 Å². The van der Waals surface area contributed by atoms with Crippen LogP contribution in [0.25, 0.3) is 0 Å². The van der Waals surface area contributed by atoms with Crippen LogP contribution in [-0.2, 0) is 4.74 Å². The van der Waals surface area contributed by atoms with Crippen molar-refractivity contribution in [2.24, 2.45) is 0 Å². The quantitative estimate of drug-likeness (QED) is 0.351. The molecule has 0 bridgehead atoms. The molecule has 0 atom stereocenters. The Morgan fingerprint density at radius 2 is 1.24 bits per heavy atom. The first-order chi connectivity index (χ1) is 10.2.